The first-order chi connectivity index (χ1) is 9.71. The highest BCUT2D eigenvalue weighted by atomic mass is 16.5. The molecule has 0 saturated heterocycles. The van der Waals surface area contributed by atoms with Gasteiger partial charge in [0.1, 0.15) is 5.75 Å². The topological polar surface area (TPSA) is 33.7 Å². The zero-order chi connectivity index (χ0) is 14.5. The van der Waals surface area contributed by atoms with E-state index in [1.807, 2.05) is 0 Å². The highest BCUT2D eigenvalue weighted by Crippen LogP contribution is 2.36. The lowest BCUT2D eigenvalue weighted by molar-refractivity contribution is 0.127. The van der Waals surface area contributed by atoms with Crippen molar-refractivity contribution in [2.45, 2.75) is 25.4 Å². The third-order valence-corrected chi connectivity index (χ3v) is 4.14. The lowest BCUT2D eigenvalue weighted by atomic mass is 10.1. The van der Waals surface area contributed by atoms with E-state index in [4.69, 9.17) is 9.47 Å². The summed E-state index contributed by atoms with van der Waals surface area (Å²) >= 11 is 0. The second kappa shape index (κ2) is 7.07. The van der Waals surface area contributed by atoms with Gasteiger partial charge in [0.2, 0.25) is 0 Å². The summed E-state index contributed by atoms with van der Waals surface area (Å²) in [4.78, 5) is 2.39. The molecule has 0 saturated carbocycles. The van der Waals surface area contributed by atoms with E-state index in [-0.39, 0.29) is 0 Å². The minimum atomic E-state index is 0.368. The summed E-state index contributed by atoms with van der Waals surface area (Å²) in [6, 6.07) is 7.27. The van der Waals surface area contributed by atoms with Gasteiger partial charge in [0.25, 0.3) is 0 Å². The Bertz CT molecular complexity index is 436. The average Bonchev–Trinajstić information content (AvgIpc) is 2.83. The molecule has 1 N–H and O–H groups in total. The van der Waals surface area contributed by atoms with Crippen LogP contribution in [0.5, 0.6) is 5.75 Å². The van der Waals surface area contributed by atoms with Gasteiger partial charge >= 0.3 is 0 Å². The normalized spacial score (nSPS) is 21.2. The van der Waals surface area contributed by atoms with Gasteiger partial charge in [-0.1, -0.05) is 13.0 Å². The molecule has 2 atom stereocenters. The molecule has 1 aromatic carbocycles. The van der Waals surface area contributed by atoms with Crippen LogP contribution >= 0.6 is 0 Å². The molecule has 112 valence electrons. The Hall–Kier alpha value is -1.10. The molecule has 0 aliphatic heterocycles. The molecule has 0 fully saturated rings. The van der Waals surface area contributed by atoms with Crippen LogP contribution in [0.15, 0.2) is 18.2 Å². The van der Waals surface area contributed by atoms with Crippen molar-refractivity contribution in [2.75, 3.05) is 41.0 Å². The standard InChI is InChI=1S/C16H26N2O2/c1-5-17-16-14-11-13(20-4)7-6-12(14)10-15(16)18(2)8-9-19-3/h6-7,11,15-17H,5,8-10H2,1-4H3. The van der Waals surface area contributed by atoms with E-state index in [1.165, 1.54) is 11.1 Å². The van der Waals surface area contributed by atoms with E-state index in [2.05, 4.69) is 42.4 Å². The first kappa shape index (κ1) is 15.3. The molecule has 0 amide bonds. The molecule has 0 radical (unpaired) electrons. The zero-order valence-corrected chi connectivity index (χ0v) is 13.0. The molecule has 0 heterocycles. The van der Waals surface area contributed by atoms with Crippen molar-refractivity contribution < 1.29 is 9.47 Å². The second-order valence-electron chi connectivity index (χ2n) is 5.34. The third-order valence-electron chi connectivity index (χ3n) is 4.14. The average molecular weight is 278 g/mol. The molecule has 0 aromatic heterocycles. The van der Waals surface area contributed by atoms with E-state index < -0.39 is 0 Å². The summed E-state index contributed by atoms with van der Waals surface area (Å²) in [7, 11) is 5.65. The van der Waals surface area contributed by atoms with Crippen molar-refractivity contribution in [3.05, 3.63) is 29.3 Å². The summed E-state index contributed by atoms with van der Waals surface area (Å²) in [5, 5.41) is 3.62. The number of rotatable bonds is 7. The van der Waals surface area contributed by atoms with Crippen LogP contribution in [0.1, 0.15) is 24.1 Å². The predicted octanol–water partition coefficient (Wildman–Crippen LogP) is 1.85. The summed E-state index contributed by atoms with van der Waals surface area (Å²) in [6.45, 7) is 4.85. The zero-order valence-electron chi connectivity index (χ0n) is 13.0. The number of ether oxygens (including phenoxy) is 2. The lowest BCUT2D eigenvalue weighted by Crippen LogP contribution is -2.42. The first-order valence-corrected chi connectivity index (χ1v) is 7.30. The number of nitrogens with zero attached hydrogens (tertiary/aromatic N) is 1. The third kappa shape index (κ3) is 3.14. The summed E-state index contributed by atoms with van der Waals surface area (Å²) in [5.41, 5.74) is 2.80. The van der Waals surface area contributed by atoms with Crippen LogP contribution < -0.4 is 10.1 Å². The van der Waals surface area contributed by atoms with Crippen LogP contribution in [0.25, 0.3) is 0 Å². The number of methoxy groups -OCH3 is 2. The van der Waals surface area contributed by atoms with Crippen LogP contribution in [0.2, 0.25) is 0 Å². The van der Waals surface area contributed by atoms with Gasteiger partial charge in [-0.05, 0) is 43.3 Å². The van der Waals surface area contributed by atoms with Crippen molar-refractivity contribution >= 4 is 0 Å². The van der Waals surface area contributed by atoms with Gasteiger partial charge in [0.05, 0.1) is 13.7 Å². The van der Waals surface area contributed by atoms with Crippen molar-refractivity contribution in [1.29, 1.82) is 0 Å². The maximum absolute atomic E-state index is 5.37. The van der Waals surface area contributed by atoms with Gasteiger partial charge in [-0.15, -0.1) is 0 Å². The highest BCUT2D eigenvalue weighted by molar-refractivity contribution is 5.42. The molecule has 1 aliphatic carbocycles. The van der Waals surface area contributed by atoms with E-state index in [9.17, 15) is 0 Å². The van der Waals surface area contributed by atoms with E-state index >= 15 is 0 Å². The minimum absolute atomic E-state index is 0.368. The van der Waals surface area contributed by atoms with Gasteiger partial charge in [-0.3, -0.25) is 4.90 Å². The maximum atomic E-state index is 5.37. The summed E-state index contributed by atoms with van der Waals surface area (Å²) < 4.78 is 10.6. The van der Waals surface area contributed by atoms with Crippen LogP contribution in [0.3, 0.4) is 0 Å². The van der Waals surface area contributed by atoms with Crippen molar-refractivity contribution in [2.24, 2.45) is 0 Å². The SMILES string of the molecule is CCNC1c2cc(OC)ccc2CC1N(C)CCOC. The fourth-order valence-electron chi connectivity index (χ4n) is 3.00. The second-order valence-corrected chi connectivity index (χ2v) is 5.34. The first-order valence-electron chi connectivity index (χ1n) is 7.30. The number of hydrogen-bond donors (Lipinski definition) is 1. The Morgan fingerprint density at radius 3 is 2.80 bits per heavy atom. The highest BCUT2D eigenvalue weighted by Gasteiger charge is 2.34. The van der Waals surface area contributed by atoms with Crippen molar-refractivity contribution in [1.82, 2.24) is 10.2 Å². The molecule has 1 aliphatic rings. The molecule has 2 rings (SSSR count). The monoisotopic (exact) mass is 278 g/mol. The Labute approximate surface area is 122 Å². The molecule has 0 spiro atoms. The number of hydrogen-bond acceptors (Lipinski definition) is 4. The predicted molar refractivity (Wildman–Crippen MR) is 81.4 cm³/mol. The van der Waals surface area contributed by atoms with Gasteiger partial charge in [-0.25, -0.2) is 0 Å². The summed E-state index contributed by atoms with van der Waals surface area (Å²) in [6.07, 6.45) is 1.08. The molecular formula is C16H26N2O2. The summed E-state index contributed by atoms with van der Waals surface area (Å²) in [5.74, 6) is 0.937. The molecule has 1 aromatic rings. The minimum Gasteiger partial charge on any atom is -0.497 e. The largest absolute Gasteiger partial charge is 0.497 e. The lowest BCUT2D eigenvalue weighted by Gasteiger charge is -2.30. The molecular weight excluding hydrogens is 252 g/mol. The van der Waals surface area contributed by atoms with Crippen LogP contribution in [-0.2, 0) is 11.2 Å². The fourth-order valence-corrected chi connectivity index (χ4v) is 3.00. The van der Waals surface area contributed by atoms with Gasteiger partial charge in [0.15, 0.2) is 0 Å². The smallest absolute Gasteiger partial charge is 0.119 e. The van der Waals surface area contributed by atoms with Gasteiger partial charge in [-0.2, -0.15) is 0 Å². The number of likely N-dealkylation sites (N-methyl/N-ethyl adjacent to an activating group) is 2. The fraction of sp³-hybridized carbons (Fsp3) is 0.625. The van der Waals surface area contributed by atoms with Gasteiger partial charge < -0.3 is 14.8 Å². The van der Waals surface area contributed by atoms with Gasteiger partial charge in [0, 0.05) is 25.7 Å². The maximum Gasteiger partial charge on any atom is 0.119 e. The Balaban J connectivity index is 2.20. The Morgan fingerprint density at radius 2 is 2.15 bits per heavy atom. The molecule has 4 nitrogen and oxygen atoms in total. The Kier molecular flexibility index (Phi) is 5.40. The van der Waals surface area contributed by atoms with E-state index in [0.29, 0.717) is 12.1 Å². The molecule has 0 bridgehead atoms. The molecule has 2 unspecified atom stereocenters. The van der Waals surface area contributed by atoms with Crippen LogP contribution in [0, 0.1) is 0 Å². The molecule has 20 heavy (non-hydrogen) atoms. The van der Waals surface area contributed by atoms with E-state index in [0.717, 1.165) is 31.9 Å². The van der Waals surface area contributed by atoms with Crippen molar-refractivity contribution in [3.63, 3.8) is 0 Å². The molecule has 4 heteroatoms. The van der Waals surface area contributed by atoms with E-state index in [1.54, 1.807) is 14.2 Å². The number of nitrogens with one attached hydrogen (secondary N) is 1. The van der Waals surface area contributed by atoms with Crippen LogP contribution in [0.4, 0.5) is 0 Å². The van der Waals surface area contributed by atoms with Crippen molar-refractivity contribution in [3.8, 4) is 5.75 Å². The Morgan fingerprint density at radius 1 is 1.35 bits per heavy atom. The van der Waals surface area contributed by atoms with Crippen LogP contribution in [-0.4, -0.2) is 51.9 Å². The number of benzene rings is 1. The number of fused-ring (bicyclic) bond motifs is 1. The quantitative estimate of drug-likeness (QED) is 0.825.